The number of hydrogen-bond donors (Lipinski definition) is 0. The summed E-state index contributed by atoms with van der Waals surface area (Å²) in [5.74, 6) is 0. The van der Waals surface area contributed by atoms with Gasteiger partial charge < -0.3 is 0 Å². The molecule has 4 nitrogen and oxygen atoms in total. The van der Waals surface area contributed by atoms with Crippen LogP contribution >= 0.6 is 39.1 Å². The molecule has 3 rings (SSSR count). The lowest BCUT2D eigenvalue weighted by molar-refractivity contribution is 0.111. The molecule has 118 valence electrons. The van der Waals surface area contributed by atoms with E-state index >= 15 is 0 Å². The Bertz CT molecular complexity index is 1030. The average Bonchev–Trinajstić information content (AvgIpc) is 2.94. The standard InChI is InChI=1S/C15H8BrCl2NO3S/c16-12-7-13(17)14(18)15-11(12)6-9(8-20)19(15)23(21,22)10-4-2-1-3-5-10/h1-8H. The molecule has 0 aliphatic rings. The van der Waals surface area contributed by atoms with Crippen LogP contribution in [-0.2, 0) is 10.0 Å². The van der Waals surface area contributed by atoms with Crippen LogP contribution < -0.4 is 0 Å². The van der Waals surface area contributed by atoms with Crippen molar-refractivity contribution in [3.63, 3.8) is 0 Å². The molecule has 0 spiro atoms. The predicted octanol–water partition coefficient (Wildman–Crippen LogP) is 4.76. The Labute approximate surface area is 150 Å². The van der Waals surface area contributed by atoms with Gasteiger partial charge in [0.2, 0.25) is 0 Å². The largest absolute Gasteiger partial charge is 0.296 e. The van der Waals surface area contributed by atoms with Gasteiger partial charge in [-0.3, -0.25) is 4.79 Å². The molecule has 3 aromatic rings. The number of fused-ring (bicyclic) bond motifs is 1. The lowest BCUT2D eigenvalue weighted by atomic mass is 10.2. The molecule has 1 heterocycles. The Morgan fingerprint density at radius 2 is 1.74 bits per heavy atom. The van der Waals surface area contributed by atoms with Crippen LogP contribution in [0, 0.1) is 0 Å². The van der Waals surface area contributed by atoms with E-state index in [1.165, 1.54) is 18.2 Å². The third-order valence-corrected chi connectivity index (χ3v) is 6.49. The third kappa shape index (κ3) is 2.59. The highest BCUT2D eigenvalue weighted by atomic mass is 79.9. The van der Waals surface area contributed by atoms with E-state index in [9.17, 15) is 13.2 Å². The highest BCUT2D eigenvalue weighted by molar-refractivity contribution is 9.10. The Hall–Kier alpha value is -1.34. The first-order valence-electron chi connectivity index (χ1n) is 6.32. The molecule has 1 aromatic heterocycles. The fourth-order valence-electron chi connectivity index (χ4n) is 2.31. The van der Waals surface area contributed by atoms with Crippen LogP contribution in [0.25, 0.3) is 10.9 Å². The van der Waals surface area contributed by atoms with Crippen LogP contribution in [0.2, 0.25) is 10.0 Å². The van der Waals surface area contributed by atoms with Gasteiger partial charge in [0.25, 0.3) is 10.0 Å². The van der Waals surface area contributed by atoms with Crippen molar-refractivity contribution in [3.8, 4) is 0 Å². The molecule has 0 bridgehead atoms. The van der Waals surface area contributed by atoms with Crippen LogP contribution in [0.15, 0.2) is 51.8 Å². The molecule has 0 aliphatic carbocycles. The first kappa shape index (κ1) is 16.5. The van der Waals surface area contributed by atoms with Gasteiger partial charge in [-0.1, -0.05) is 57.3 Å². The highest BCUT2D eigenvalue weighted by Crippen LogP contribution is 2.39. The fraction of sp³-hybridized carbons (Fsp3) is 0. The number of aromatic nitrogens is 1. The van der Waals surface area contributed by atoms with E-state index in [2.05, 4.69) is 15.9 Å². The van der Waals surface area contributed by atoms with E-state index in [1.54, 1.807) is 24.3 Å². The van der Waals surface area contributed by atoms with E-state index < -0.39 is 10.0 Å². The lowest BCUT2D eigenvalue weighted by Crippen LogP contribution is -2.15. The summed E-state index contributed by atoms with van der Waals surface area (Å²) in [5.41, 5.74) is 0.130. The Kier molecular flexibility index (Phi) is 4.27. The minimum absolute atomic E-state index is 0.0336. The summed E-state index contributed by atoms with van der Waals surface area (Å²) in [6.07, 6.45) is 0.469. The topological polar surface area (TPSA) is 56.1 Å². The van der Waals surface area contributed by atoms with Crippen molar-refractivity contribution in [2.45, 2.75) is 4.90 Å². The maximum absolute atomic E-state index is 13.0. The minimum atomic E-state index is -4.00. The van der Waals surface area contributed by atoms with Gasteiger partial charge in [-0.25, -0.2) is 12.4 Å². The number of aldehydes is 1. The highest BCUT2D eigenvalue weighted by Gasteiger charge is 2.26. The summed E-state index contributed by atoms with van der Waals surface area (Å²) in [6, 6.07) is 10.8. The minimum Gasteiger partial charge on any atom is -0.296 e. The Balaban J connectivity index is 2.49. The molecule has 8 heteroatoms. The van der Waals surface area contributed by atoms with Crippen molar-refractivity contribution in [2.75, 3.05) is 0 Å². The van der Waals surface area contributed by atoms with Crippen LogP contribution in [0.5, 0.6) is 0 Å². The number of halogens is 3. The Morgan fingerprint density at radius 1 is 1.09 bits per heavy atom. The van der Waals surface area contributed by atoms with Crippen LogP contribution in [0.4, 0.5) is 0 Å². The maximum atomic E-state index is 13.0. The monoisotopic (exact) mass is 431 g/mol. The number of carbonyl (C=O) groups is 1. The smallest absolute Gasteiger partial charge is 0.268 e. The van der Waals surface area contributed by atoms with E-state index in [-0.39, 0.29) is 26.2 Å². The van der Waals surface area contributed by atoms with Gasteiger partial charge in [-0.05, 0) is 24.3 Å². The summed E-state index contributed by atoms with van der Waals surface area (Å²) in [6.45, 7) is 0. The van der Waals surface area contributed by atoms with Crippen molar-refractivity contribution in [2.24, 2.45) is 0 Å². The number of carbonyl (C=O) groups excluding carboxylic acids is 1. The molecule has 0 amide bonds. The van der Waals surface area contributed by atoms with E-state index in [4.69, 9.17) is 23.2 Å². The predicted molar refractivity (Wildman–Crippen MR) is 94.1 cm³/mol. The zero-order chi connectivity index (χ0) is 16.8. The summed E-state index contributed by atoms with van der Waals surface area (Å²) in [5, 5.41) is 0.740. The summed E-state index contributed by atoms with van der Waals surface area (Å²) >= 11 is 15.6. The molecule has 0 saturated carbocycles. The molecule has 0 atom stereocenters. The van der Waals surface area contributed by atoms with Crippen LogP contribution in [-0.4, -0.2) is 18.7 Å². The second-order valence-corrected chi connectivity index (χ2v) is 8.11. The summed E-state index contributed by atoms with van der Waals surface area (Å²) in [4.78, 5) is 11.5. The molecule has 0 radical (unpaired) electrons. The second kappa shape index (κ2) is 5.94. The van der Waals surface area contributed by atoms with Gasteiger partial charge in [0.1, 0.15) is 0 Å². The summed E-state index contributed by atoms with van der Waals surface area (Å²) in [7, 11) is -4.00. The SMILES string of the molecule is O=Cc1cc2c(Br)cc(Cl)c(Cl)c2n1S(=O)(=O)c1ccccc1. The number of hydrogen-bond acceptors (Lipinski definition) is 3. The third-order valence-electron chi connectivity index (χ3n) is 3.32. The van der Waals surface area contributed by atoms with Gasteiger partial charge in [-0.15, -0.1) is 0 Å². The van der Waals surface area contributed by atoms with Crippen LogP contribution in [0.1, 0.15) is 10.5 Å². The molecule has 0 N–H and O–H groups in total. The van der Waals surface area contributed by atoms with E-state index in [1.807, 2.05) is 0 Å². The number of nitrogens with zero attached hydrogens (tertiary/aromatic N) is 1. The van der Waals surface area contributed by atoms with Crippen molar-refractivity contribution in [1.82, 2.24) is 3.97 Å². The zero-order valence-electron chi connectivity index (χ0n) is 11.3. The number of rotatable bonds is 3. The molecule has 2 aromatic carbocycles. The maximum Gasteiger partial charge on any atom is 0.268 e. The van der Waals surface area contributed by atoms with E-state index in [0.29, 0.717) is 16.1 Å². The van der Waals surface area contributed by atoms with Gasteiger partial charge in [-0.2, -0.15) is 0 Å². The summed E-state index contributed by atoms with van der Waals surface area (Å²) < 4.78 is 27.4. The van der Waals surface area contributed by atoms with Gasteiger partial charge in [0, 0.05) is 9.86 Å². The quantitative estimate of drug-likeness (QED) is 0.442. The molecule has 0 aliphatic heterocycles. The lowest BCUT2D eigenvalue weighted by Gasteiger charge is -2.11. The molecule has 23 heavy (non-hydrogen) atoms. The molecular formula is C15H8BrCl2NO3S. The van der Waals surface area contributed by atoms with Gasteiger partial charge >= 0.3 is 0 Å². The molecule has 0 saturated heterocycles. The Morgan fingerprint density at radius 3 is 2.35 bits per heavy atom. The normalized spacial score (nSPS) is 11.8. The van der Waals surface area contributed by atoms with Crippen LogP contribution in [0.3, 0.4) is 0 Å². The van der Waals surface area contributed by atoms with Crippen molar-refractivity contribution < 1.29 is 13.2 Å². The zero-order valence-corrected chi connectivity index (χ0v) is 15.2. The van der Waals surface area contributed by atoms with Crippen molar-refractivity contribution in [3.05, 3.63) is 62.7 Å². The first-order valence-corrected chi connectivity index (χ1v) is 9.31. The second-order valence-electron chi connectivity index (χ2n) is 4.69. The van der Waals surface area contributed by atoms with Gasteiger partial charge in [0.15, 0.2) is 6.29 Å². The average molecular weight is 433 g/mol. The fourth-order valence-corrected chi connectivity index (χ4v) is 4.97. The first-order chi connectivity index (χ1) is 10.9. The van der Waals surface area contributed by atoms with Gasteiger partial charge in [0.05, 0.1) is 26.2 Å². The van der Waals surface area contributed by atoms with E-state index in [0.717, 1.165) is 3.97 Å². The van der Waals surface area contributed by atoms with Crippen molar-refractivity contribution >= 4 is 66.3 Å². The molecule has 0 unspecified atom stereocenters. The van der Waals surface area contributed by atoms with Crippen molar-refractivity contribution in [1.29, 1.82) is 0 Å². The number of benzene rings is 2. The molecule has 0 fully saturated rings. The molecular weight excluding hydrogens is 425 g/mol.